The van der Waals surface area contributed by atoms with Crippen molar-refractivity contribution in [2.75, 3.05) is 6.54 Å². The SMILES string of the molecule is O=C(CCc1cccnc1)N1CC[C@H]2[C@@H]1CC(=O)N2Cc1nnc2ccccn12. The highest BCUT2D eigenvalue weighted by molar-refractivity contribution is 5.83. The number of aryl methyl sites for hydroxylation is 1. The monoisotopic (exact) mass is 390 g/mol. The van der Waals surface area contributed by atoms with Crippen LogP contribution < -0.4 is 0 Å². The zero-order chi connectivity index (χ0) is 19.8. The van der Waals surface area contributed by atoms with Crippen LogP contribution in [0.25, 0.3) is 5.65 Å². The third-order valence-corrected chi connectivity index (χ3v) is 5.98. The first-order chi connectivity index (χ1) is 14.2. The number of pyridine rings is 2. The number of carbonyl (C=O) groups excluding carboxylic acids is 2. The lowest BCUT2D eigenvalue weighted by molar-refractivity contribution is -0.132. The molecule has 2 aliphatic heterocycles. The van der Waals surface area contributed by atoms with E-state index in [0.29, 0.717) is 32.4 Å². The number of hydrogen-bond acceptors (Lipinski definition) is 5. The molecule has 2 amide bonds. The molecule has 0 N–H and O–H groups in total. The van der Waals surface area contributed by atoms with Crippen molar-refractivity contribution >= 4 is 17.5 Å². The molecule has 148 valence electrons. The summed E-state index contributed by atoms with van der Waals surface area (Å²) in [6.45, 7) is 1.12. The molecule has 8 nitrogen and oxygen atoms in total. The number of carbonyl (C=O) groups is 2. The van der Waals surface area contributed by atoms with Crippen molar-refractivity contribution in [1.82, 2.24) is 29.4 Å². The van der Waals surface area contributed by atoms with E-state index in [1.54, 1.807) is 12.4 Å². The van der Waals surface area contributed by atoms with E-state index >= 15 is 0 Å². The summed E-state index contributed by atoms with van der Waals surface area (Å²) < 4.78 is 1.91. The maximum absolute atomic E-state index is 12.8. The minimum absolute atomic E-state index is 0.0388. The second-order valence-corrected chi connectivity index (χ2v) is 7.64. The molecule has 5 heterocycles. The first-order valence-electron chi connectivity index (χ1n) is 9.97. The van der Waals surface area contributed by atoms with Crippen LogP contribution in [0.15, 0.2) is 48.9 Å². The summed E-state index contributed by atoms with van der Waals surface area (Å²) in [7, 11) is 0. The molecule has 2 aliphatic rings. The van der Waals surface area contributed by atoms with Crippen LogP contribution in [0, 0.1) is 0 Å². The molecule has 0 aliphatic carbocycles. The molecule has 0 spiro atoms. The normalized spacial score (nSPS) is 21.2. The van der Waals surface area contributed by atoms with E-state index in [1.165, 1.54) is 0 Å². The smallest absolute Gasteiger partial charge is 0.225 e. The first-order valence-corrected chi connectivity index (χ1v) is 9.97. The van der Waals surface area contributed by atoms with Crippen LogP contribution in [0.4, 0.5) is 0 Å². The number of aromatic nitrogens is 4. The number of hydrogen-bond donors (Lipinski definition) is 0. The van der Waals surface area contributed by atoms with Crippen molar-refractivity contribution in [3.05, 3.63) is 60.3 Å². The van der Waals surface area contributed by atoms with E-state index in [4.69, 9.17) is 0 Å². The molecule has 0 unspecified atom stereocenters. The van der Waals surface area contributed by atoms with Gasteiger partial charge in [0.1, 0.15) is 0 Å². The van der Waals surface area contributed by atoms with Crippen molar-refractivity contribution in [1.29, 1.82) is 0 Å². The van der Waals surface area contributed by atoms with Gasteiger partial charge < -0.3 is 9.80 Å². The molecular weight excluding hydrogens is 368 g/mol. The zero-order valence-electron chi connectivity index (χ0n) is 16.0. The van der Waals surface area contributed by atoms with Crippen LogP contribution in [0.1, 0.15) is 30.7 Å². The summed E-state index contributed by atoms with van der Waals surface area (Å²) in [5.74, 6) is 0.942. The van der Waals surface area contributed by atoms with Gasteiger partial charge in [-0.1, -0.05) is 12.1 Å². The van der Waals surface area contributed by atoms with Crippen molar-refractivity contribution in [2.24, 2.45) is 0 Å². The van der Waals surface area contributed by atoms with Crippen molar-refractivity contribution in [3.8, 4) is 0 Å². The molecule has 3 aromatic rings. The van der Waals surface area contributed by atoms with Crippen molar-refractivity contribution in [2.45, 2.75) is 44.3 Å². The third-order valence-electron chi connectivity index (χ3n) is 5.98. The lowest BCUT2D eigenvalue weighted by Crippen LogP contribution is -2.40. The van der Waals surface area contributed by atoms with Gasteiger partial charge in [-0.15, -0.1) is 10.2 Å². The second kappa shape index (κ2) is 7.27. The number of nitrogens with zero attached hydrogens (tertiary/aromatic N) is 6. The van der Waals surface area contributed by atoms with Gasteiger partial charge in [-0.05, 0) is 36.6 Å². The molecule has 2 saturated heterocycles. The van der Waals surface area contributed by atoms with Crippen molar-refractivity contribution in [3.63, 3.8) is 0 Å². The molecule has 2 atom stereocenters. The van der Waals surface area contributed by atoms with E-state index in [1.807, 2.05) is 50.7 Å². The maximum atomic E-state index is 12.8. The fourth-order valence-electron chi connectivity index (χ4n) is 4.54. The Balaban J connectivity index is 1.27. The Morgan fingerprint density at radius 2 is 2.07 bits per heavy atom. The highest BCUT2D eigenvalue weighted by Crippen LogP contribution is 2.34. The Morgan fingerprint density at radius 3 is 2.93 bits per heavy atom. The van der Waals surface area contributed by atoms with Gasteiger partial charge in [0.15, 0.2) is 11.5 Å². The largest absolute Gasteiger partial charge is 0.337 e. The Bertz CT molecular complexity index is 1050. The van der Waals surface area contributed by atoms with Gasteiger partial charge in [-0.3, -0.25) is 19.0 Å². The predicted octanol–water partition coefficient (Wildman–Crippen LogP) is 1.46. The minimum atomic E-state index is -0.0388. The first kappa shape index (κ1) is 17.8. The van der Waals surface area contributed by atoms with E-state index in [-0.39, 0.29) is 23.9 Å². The van der Waals surface area contributed by atoms with E-state index in [0.717, 1.165) is 23.5 Å². The molecule has 0 aromatic carbocycles. The number of rotatable bonds is 5. The molecule has 0 saturated carbocycles. The molecule has 5 rings (SSSR count). The highest BCUT2D eigenvalue weighted by atomic mass is 16.2. The van der Waals surface area contributed by atoms with Crippen molar-refractivity contribution < 1.29 is 9.59 Å². The van der Waals surface area contributed by atoms with Crippen LogP contribution in [-0.4, -0.2) is 59.8 Å². The summed E-state index contributed by atoms with van der Waals surface area (Å²) in [6.07, 6.45) is 7.75. The number of fused-ring (bicyclic) bond motifs is 2. The van der Waals surface area contributed by atoms with Gasteiger partial charge >= 0.3 is 0 Å². The van der Waals surface area contributed by atoms with Gasteiger partial charge in [0.25, 0.3) is 0 Å². The fraction of sp³-hybridized carbons (Fsp3) is 0.381. The summed E-state index contributed by atoms with van der Waals surface area (Å²) in [5.41, 5.74) is 1.82. The predicted molar refractivity (Wildman–Crippen MR) is 105 cm³/mol. The average molecular weight is 390 g/mol. The molecular formula is C21H22N6O2. The summed E-state index contributed by atoms with van der Waals surface area (Å²) in [6, 6.07) is 9.61. The maximum Gasteiger partial charge on any atom is 0.225 e. The molecule has 3 aromatic heterocycles. The Morgan fingerprint density at radius 1 is 1.14 bits per heavy atom. The Labute approximate surface area is 168 Å². The van der Waals surface area contributed by atoms with Gasteiger partial charge in [-0.2, -0.15) is 0 Å². The summed E-state index contributed by atoms with van der Waals surface area (Å²) in [4.78, 5) is 33.4. The Hall–Kier alpha value is -3.29. The van der Waals surface area contributed by atoms with Gasteiger partial charge in [0.05, 0.1) is 18.6 Å². The standard InChI is InChI=1S/C21H22N6O2/c28-20(7-6-15-4-3-9-22-13-15)25-11-8-16-17(25)12-21(29)27(16)14-19-24-23-18-5-1-2-10-26(18)19/h1-5,9-10,13,16-17H,6-8,11-12,14H2/t16-,17-/m0/s1. The molecule has 2 fully saturated rings. The zero-order valence-corrected chi connectivity index (χ0v) is 16.0. The third kappa shape index (κ3) is 3.24. The van der Waals surface area contributed by atoms with E-state index in [2.05, 4.69) is 15.2 Å². The molecule has 29 heavy (non-hydrogen) atoms. The molecule has 0 bridgehead atoms. The fourth-order valence-corrected chi connectivity index (χ4v) is 4.54. The number of likely N-dealkylation sites (tertiary alicyclic amines) is 2. The Kier molecular flexibility index (Phi) is 4.46. The van der Waals surface area contributed by atoms with Crippen LogP contribution >= 0.6 is 0 Å². The summed E-state index contributed by atoms with van der Waals surface area (Å²) in [5, 5.41) is 8.43. The average Bonchev–Trinajstić information content (AvgIpc) is 3.42. The highest BCUT2D eigenvalue weighted by Gasteiger charge is 2.48. The van der Waals surface area contributed by atoms with Crippen LogP contribution in [0.2, 0.25) is 0 Å². The van der Waals surface area contributed by atoms with E-state index < -0.39 is 0 Å². The van der Waals surface area contributed by atoms with Crippen LogP contribution in [0.3, 0.4) is 0 Å². The van der Waals surface area contributed by atoms with Crippen LogP contribution in [-0.2, 0) is 22.6 Å². The molecule has 8 heteroatoms. The van der Waals surface area contributed by atoms with E-state index in [9.17, 15) is 9.59 Å². The quantitative estimate of drug-likeness (QED) is 0.659. The number of amides is 2. The van der Waals surface area contributed by atoms with Gasteiger partial charge in [0.2, 0.25) is 11.8 Å². The van der Waals surface area contributed by atoms with Gasteiger partial charge in [-0.25, -0.2) is 0 Å². The van der Waals surface area contributed by atoms with Crippen LogP contribution in [0.5, 0.6) is 0 Å². The summed E-state index contributed by atoms with van der Waals surface area (Å²) >= 11 is 0. The molecule has 0 radical (unpaired) electrons. The lowest BCUT2D eigenvalue weighted by Gasteiger charge is -2.25. The second-order valence-electron chi connectivity index (χ2n) is 7.64. The topological polar surface area (TPSA) is 83.7 Å². The van der Waals surface area contributed by atoms with Gasteiger partial charge in [0, 0.05) is 38.0 Å². The minimum Gasteiger partial charge on any atom is -0.337 e. The lowest BCUT2D eigenvalue weighted by atomic mass is 10.1.